The highest BCUT2D eigenvalue weighted by Crippen LogP contribution is 2.35. The second-order valence-corrected chi connectivity index (χ2v) is 11.7. The Kier molecular flexibility index (Phi) is 8.67. The number of nitrogens with one attached hydrogen (secondary N) is 2. The van der Waals surface area contributed by atoms with Crippen LogP contribution in [0.25, 0.3) is 27.6 Å². The molecule has 1 aliphatic rings. The molecule has 1 aliphatic heterocycles. The van der Waals surface area contributed by atoms with Crippen LogP contribution in [0.1, 0.15) is 5.56 Å². The molecule has 238 valence electrons. The van der Waals surface area contributed by atoms with E-state index in [-0.39, 0.29) is 12.3 Å². The van der Waals surface area contributed by atoms with E-state index in [0.29, 0.717) is 28.8 Å². The minimum absolute atomic E-state index is 0.128. The summed E-state index contributed by atoms with van der Waals surface area (Å²) in [6.07, 6.45) is 3.85. The van der Waals surface area contributed by atoms with Crippen molar-refractivity contribution in [2.75, 3.05) is 56.1 Å². The molecule has 0 unspecified atom stereocenters. The largest absolute Gasteiger partial charge is 0.493 e. The van der Waals surface area contributed by atoms with Gasteiger partial charge in [-0.2, -0.15) is 0 Å². The van der Waals surface area contributed by atoms with Crippen LogP contribution in [0, 0.1) is 0 Å². The Labute approximate surface area is 275 Å². The Hall–Kier alpha value is -5.46. The van der Waals surface area contributed by atoms with E-state index in [9.17, 15) is 4.79 Å². The average molecular weight is 648 g/mol. The number of methoxy groups -OCH3 is 2. The lowest BCUT2D eigenvalue weighted by molar-refractivity contribution is -0.115. The highest BCUT2D eigenvalue weighted by atomic mass is 32.1. The molecule has 0 aliphatic carbocycles. The standard InChI is InChI=1S/C35H33N7O4S/c1-44-29-8-4-6-24(33(29)45-2)22-30(43)37-26-7-3-5-23(21-26)31-32(42-17-20-47-35(42)40-31)28-13-14-36-34(39-28)38-25-9-11-27(12-10-25)41-15-18-46-19-16-41/h3-14,17,20-21H,15-16,18-19,22H2,1-2H3,(H,37,43)(H,36,38,39). The zero-order chi connectivity index (χ0) is 32.2. The molecule has 1 amide bonds. The minimum atomic E-state index is -0.177. The maximum absolute atomic E-state index is 13.1. The van der Waals surface area contributed by atoms with Crippen molar-refractivity contribution in [3.05, 3.63) is 96.1 Å². The molecule has 11 nitrogen and oxygen atoms in total. The fraction of sp³-hybridized carbons (Fsp3) is 0.200. The number of fused-ring (bicyclic) bond motifs is 1. The Bertz CT molecular complexity index is 2020. The molecule has 3 aromatic carbocycles. The second-order valence-electron chi connectivity index (χ2n) is 10.9. The molecule has 1 fully saturated rings. The number of benzene rings is 3. The summed E-state index contributed by atoms with van der Waals surface area (Å²) in [6, 6.07) is 23.3. The van der Waals surface area contributed by atoms with Gasteiger partial charge >= 0.3 is 0 Å². The SMILES string of the molecule is COc1cccc(CC(=O)Nc2cccc(-c3nc4sccn4c3-c3ccnc(Nc4ccc(N5CCOCC5)cc4)n3)c2)c1OC. The predicted molar refractivity (Wildman–Crippen MR) is 184 cm³/mol. The van der Waals surface area contributed by atoms with Gasteiger partial charge in [0.05, 0.1) is 45.2 Å². The number of carbonyl (C=O) groups excluding carboxylic acids is 1. The van der Waals surface area contributed by atoms with Crippen molar-refractivity contribution in [2.24, 2.45) is 0 Å². The Morgan fingerprint density at radius 3 is 2.60 bits per heavy atom. The maximum Gasteiger partial charge on any atom is 0.228 e. The number of nitrogens with zero attached hydrogens (tertiary/aromatic N) is 5. The number of aromatic nitrogens is 4. The molecule has 0 atom stereocenters. The zero-order valence-electron chi connectivity index (χ0n) is 26.0. The van der Waals surface area contributed by atoms with E-state index in [1.54, 1.807) is 37.8 Å². The van der Waals surface area contributed by atoms with Gasteiger partial charge in [-0.3, -0.25) is 9.20 Å². The summed E-state index contributed by atoms with van der Waals surface area (Å²) in [5.74, 6) is 1.43. The van der Waals surface area contributed by atoms with Crippen LogP contribution in [0.3, 0.4) is 0 Å². The third kappa shape index (κ3) is 6.46. The first-order chi connectivity index (χ1) is 23.1. The molecule has 7 rings (SSSR count). The number of hydrogen-bond acceptors (Lipinski definition) is 10. The van der Waals surface area contributed by atoms with E-state index in [2.05, 4.69) is 32.7 Å². The predicted octanol–water partition coefficient (Wildman–Crippen LogP) is 6.30. The molecular weight excluding hydrogens is 614 g/mol. The average Bonchev–Trinajstić information content (AvgIpc) is 3.71. The van der Waals surface area contributed by atoms with Gasteiger partial charge < -0.3 is 29.7 Å². The minimum Gasteiger partial charge on any atom is -0.493 e. The van der Waals surface area contributed by atoms with E-state index < -0.39 is 0 Å². The number of carbonyl (C=O) groups is 1. The number of rotatable bonds is 10. The summed E-state index contributed by atoms with van der Waals surface area (Å²) in [6.45, 7) is 3.26. The highest BCUT2D eigenvalue weighted by Gasteiger charge is 2.20. The Morgan fingerprint density at radius 1 is 0.957 bits per heavy atom. The smallest absolute Gasteiger partial charge is 0.228 e. The van der Waals surface area contributed by atoms with E-state index in [1.807, 2.05) is 70.6 Å². The zero-order valence-corrected chi connectivity index (χ0v) is 26.8. The molecular formula is C35H33N7O4S. The van der Waals surface area contributed by atoms with Gasteiger partial charge in [0, 0.05) is 59.1 Å². The number of para-hydroxylation sites is 1. The van der Waals surface area contributed by atoms with E-state index in [4.69, 9.17) is 24.2 Å². The van der Waals surface area contributed by atoms with Crippen LogP contribution in [0.5, 0.6) is 11.5 Å². The fourth-order valence-corrected chi connectivity index (χ4v) is 6.42. The molecule has 3 aromatic heterocycles. The van der Waals surface area contributed by atoms with Crippen molar-refractivity contribution in [3.63, 3.8) is 0 Å². The number of anilines is 4. The number of thiazole rings is 1. The molecule has 1 saturated heterocycles. The second kappa shape index (κ2) is 13.5. The van der Waals surface area contributed by atoms with Crippen LogP contribution >= 0.6 is 11.3 Å². The summed E-state index contributed by atoms with van der Waals surface area (Å²) in [5, 5.41) is 8.37. The number of amides is 1. The summed E-state index contributed by atoms with van der Waals surface area (Å²) >= 11 is 1.54. The summed E-state index contributed by atoms with van der Waals surface area (Å²) in [4.78, 5) is 30.6. The lowest BCUT2D eigenvalue weighted by Crippen LogP contribution is -2.36. The van der Waals surface area contributed by atoms with Crippen molar-refractivity contribution in [3.8, 4) is 34.1 Å². The molecule has 2 N–H and O–H groups in total. The third-order valence-corrected chi connectivity index (χ3v) is 8.67. The van der Waals surface area contributed by atoms with Crippen molar-refractivity contribution >= 4 is 45.2 Å². The van der Waals surface area contributed by atoms with Crippen molar-refractivity contribution in [1.82, 2.24) is 19.4 Å². The van der Waals surface area contributed by atoms with Gasteiger partial charge in [-0.15, -0.1) is 11.3 Å². The molecule has 4 heterocycles. The number of ether oxygens (including phenoxy) is 3. The number of morpholine rings is 1. The highest BCUT2D eigenvalue weighted by molar-refractivity contribution is 7.15. The van der Waals surface area contributed by atoms with Gasteiger partial charge in [-0.25, -0.2) is 15.0 Å². The van der Waals surface area contributed by atoms with Crippen molar-refractivity contribution < 1.29 is 19.0 Å². The van der Waals surface area contributed by atoms with Crippen molar-refractivity contribution in [2.45, 2.75) is 6.42 Å². The number of imidazole rings is 1. The van der Waals surface area contributed by atoms with E-state index >= 15 is 0 Å². The lowest BCUT2D eigenvalue weighted by Gasteiger charge is -2.28. The van der Waals surface area contributed by atoms with Gasteiger partial charge in [0.2, 0.25) is 11.9 Å². The van der Waals surface area contributed by atoms with Gasteiger partial charge in [0.1, 0.15) is 5.69 Å². The monoisotopic (exact) mass is 647 g/mol. The van der Waals surface area contributed by atoms with Gasteiger partial charge in [0.15, 0.2) is 16.5 Å². The molecule has 0 saturated carbocycles. The fourth-order valence-electron chi connectivity index (χ4n) is 5.70. The van der Waals surface area contributed by atoms with Crippen LogP contribution in [0.2, 0.25) is 0 Å². The van der Waals surface area contributed by atoms with Crippen LogP contribution in [0.4, 0.5) is 23.0 Å². The first-order valence-corrected chi connectivity index (χ1v) is 16.1. The molecule has 0 spiro atoms. The third-order valence-electron chi connectivity index (χ3n) is 7.92. The topological polar surface area (TPSA) is 115 Å². The lowest BCUT2D eigenvalue weighted by atomic mass is 10.1. The van der Waals surface area contributed by atoms with Crippen LogP contribution < -0.4 is 25.0 Å². The van der Waals surface area contributed by atoms with Crippen LogP contribution in [0.15, 0.2) is 90.6 Å². The molecule has 12 heteroatoms. The molecule has 47 heavy (non-hydrogen) atoms. The quantitative estimate of drug-likeness (QED) is 0.177. The maximum atomic E-state index is 13.1. The molecule has 6 aromatic rings. The first-order valence-electron chi connectivity index (χ1n) is 15.2. The Morgan fingerprint density at radius 2 is 1.79 bits per heavy atom. The van der Waals surface area contributed by atoms with Crippen LogP contribution in [-0.4, -0.2) is 65.8 Å². The summed E-state index contributed by atoms with van der Waals surface area (Å²) in [5.41, 5.74) is 6.59. The summed E-state index contributed by atoms with van der Waals surface area (Å²) in [7, 11) is 3.14. The first kappa shape index (κ1) is 30.2. The molecule has 0 radical (unpaired) electrons. The van der Waals surface area contributed by atoms with Crippen LogP contribution in [-0.2, 0) is 16.0 Å². The van der Waals surface area contributed by atoms with E-state index in [1.165, 1.54) is 0 Å². The summed E-state index contributed by atoms with van der Waals surface area (Å²) < 4.78 is 18.4. The number of hydrogen-bond donors (Lipinski definition) is 2. The van der Waals surface area contributed by atoms with E-state index in [0.717, 1.165) is 65.2 Å². The van der Waals surface area contributed by atoms with Crippen molar-refractivity contribution in [1.29, 1.82) is 0 Å². The van der Waals surface area contributed by atoms with Gasteiger partial charge in [-0.05, 0) is 48.5 Å². The Balaban J connectivity index is 1.13. The van der Waals surface area contributed by atoms with Gasteiger partial charge in [-0.1, -0.05) is 24.3 Å². The normalized spacial score (nSPS) is 13.0. The van der Waals surface area contributed by atoms with Gasteiger partial charge in [0.25, 0.3) is 0 Å². The molecule has 0 bridgehead atoms.